The lowest BCUT2D eigenvalue weighted by atomic mass is 10.3. The second-order valence-corrected chi connectivity index (χ2v) is 4.74. The second-order valence-electron chi connectivity index (χ2n) is 3.89. The summed E-state index contributed by atoms with van der Waals surface area (Å²) in [6.07, 6.45) is 1.39. The van der Waals surface area contributed by atoms with Crippen LogP contribution < -0.4 is 4.74 Å². The van der Waals surface area contributed by atoms with E-state index in [0.717, 1.165) is 5.69 Å². The van der Waals surface area contributed by atoms with Gasteiger partial charge in [-0.3, -0.25) is 0 Å². The van der Waals surface area contributed by atoms with Crippen molar-refractivity contribution in [2.45, 2.75) is 6.92 Å². The SMILES string of the molecule is Cc1cc(Oc2ccc(Br)c(F)c2)n2ncnc2n1. The highest BCUT2D eigenvalue weighted by Gasteiger charge is 2.09. The van der Waals surface area contributed by atoms with E-state index in [1.807, 2.05) is 6.92 Å². The number of aromatic nitrogens is 4. The van der Waals surface area contributed by atoms with E-state index >= 15 is 0 Å². The van der Waals surface area contributed by atoms with Crippen molar-refractivity contribution in [1.29, 1.82) is 0 Å². The summed E-state index contributed by atoms with van der Waals surface area (Å²) in [5.74, 6) is 0.857. The lowest BCUT2D eigenvalue weighted by Gasteiger charge is -2.08. The van der Waals surface area contributed by atoms with Crippen LogP contribution in [0.15, 0.2) is 35.1 Å². The predicted octanol–water partition coefficient (Wildman–Crippen LogP) is 3.13. The van der Waals surface area contributed by atoms with Gasteiger partial charge in [-0.25, -0.2) is 9.37 Å². The van der Waals surface area contributed by atoms with Crippen LogP contribution >= 0.6 is 15.9 Å². The van der Waals surface area contributed by atoms with Gasteiger partial charge in [-0.2, -0.15) is 14.6 Å². The van der Waals surface area contributed by atoms with Crippen LogP contribution in [0.3, 0.4) is 0 Å². The van der Waals surface area contributed by atoms with Crippen molar-refractivity contribution < 1.29 is 9.13 Å². The average molecular weight is 323 g/mol. The molecule has 0 saturated heterocycles. The number of halogens is 2. The first-order valence-electron chi connectivity index (χ1n) is 5.44. The van der Waals surface area contributed by atoms with Crippen molar-refractivity contribution in [2.75, 3.05) is 0 Å². The summed E-state index contributed by atoms with van der Waals surface area (Å²) >= 11 is 3.09. The van der Waals surface area contributed by atoms with Gasteiger partial charge in [-0.15, -0.1) is 0 Å². The Bertz CT molecular complexity index is 759. The van der Waals surface area contributed by atoms with Crippen LogP contribution in [0, 0.1) is 12.7 Å². The highest BCUT2D eigenvalue weighted by molar-refractivity contribution is 9.10. The third-order valence-electron chi connectivity index (χ3n) is 2.46. The molecule has 2 heterocycles. The molecule has 7 heteroatoms. The molecular weight excluding hydrogens is 315 g/mol. The molecule has 0 unspecified atom stereocenters. The number of aryl methyl sites for hydroxylation is 1. The summed E-state index contributed by atoms with van der Waals surface area (Å²) < 4.78 is 20.9. The number of rotatable bonds is 2. The van der Waals surface area contributed by atoms with E-state index in [4.69, 9.17) is 4.74 Å². The van der Waals surface area contributed by atoms with E-state index in [1.54, 1.807) is 18.2 Å². The molecular formula is C12H8BrFN4O. The third kappa shape index (κ3) is 2.28. The van der Waals surface area contributed by atoms with Crippen molar-refractivity contribution in [2.24, 2.45) is 0 Å². The Balaban J connectivity index is 2.04. The summed E-state index contributed by atoms with van der Waals surface area (Å²) in [4.78, 5) is 8.19. The lowest BCUT2D eigenvalue weighted by molar-refractivity contribution is 0.441. The monoisotopic (exact) mass is 322 g/mol. The summed E-state index contributed by atoms with van der Waals surface area (Å²) in [6.45, 7) is 1.82. The molecule has 3 rings (SSSR count). The van der Waals surface area contributed by atoms with Crippen molar-refractivity contribution in [3.8, 4) is 11.6 Å². The van der Waals surface area contributed by atoms with E-state index in [2.05, 4.69) is 31.0 Å². The van der Waals surface area contributed by atoms with Crippen molar-refractivity contribution in [3.05, 3.63) is 46.6 Å². The van der Waals surface area contributed by atoms with Gasteiger partial charge in [0.2, 0.25) is 5.88 Å². The Morgan fingerprint density at radius 3 is 2.95 bits per heavy atom. The molecule has 1 aromatic carbocycles. The largest absolute Gasteiger partial charge is 0.439 e. The minimum Gasteiger partial charge on any atom is -0.439 e. The Morgan fingerprint density at radius 1 is 1.32 bits per heavy atom. The third-order valence-corrected chi connectivity index (χ3v) is 3.10. The van der Waals surface area contributed by atoms with E-state index in [9.17, 15) is 4.39 Å². The van der Waals surface area contributed by atoms with Gasteiger partial charge in [-0.05, 0) is 35.0 Å². The minimum absolute atomic E-state index is 0.378. The zero-order valence-corrected chi connectivity index (χ0v) is 11.4. The van der Waals surface area contributed by atoms with Crippen LogP contribution in [0.2, 0.25) is 0 Å². The smallest absolute Gasteiger partial charge is 0.255 e. The van der Waals surface area contributed by atoms with Gasteiger partial charge in [0.05, 0.1) is 4.47 Å². The summed E-state index contributed by atoms with van der Waals surface area (Å²) in [7, 11) is 0. The molecule has 0 aliphatic carbocycles. The topological polar surface area (TPSA) is 52.3 Å². The Hall–Kier alpha value is -2.02. The van der Waals surface area contributed by atoms with Crippen LogP contribution in [-0.2, 0) is 0 Å². The molecule has 0 radical (unpaired) electrons. The fraction of sp³-hybridized carbons (Fsp3) is 0.0833. The molecule has 0 aliphatic rings. The molecule has 3 aromatic rings. The van der Waals surface area contributed by atoms with Crippen LogP contribution in [0.1, 0.15) is 5.69 Å². The molecule has 0 aliphatic heterocycles. The van der Waals surface area contributed by atoms with Gasteiger partial charge in [0.1, 0.15) is 17.9 Å². The van der Waals surface area contributed by atoms with Gasteiger partial charge in [-0.1, -0.05) is 0 Å². The summed E-state index contributed by atoms with van der Waals surface area (Å²) in [6, 6.07) is 6.24. The van der Waals surface area contributed by atoms with E-state index in [0.29, 0.717) is 21.9 Å². The molecule has 0 N–H and O–H groups in total. The van der Waals surface area contributed by atoms with Crippen LogP contribution in [0.4, 0.5) is 4.39 Å². The number of benzene rings is 1. The van der Waals surface area contributed by atoms with Crippen molar-refractivity contribution >= 4 is 21.7 Å². The Labute approximate surface area is 116 Å². The van der Waals surface area contributed by atoms with Gasteiger partial charge in [0.25, 0.3) is 5.78 Å². The molecule has 0 bridgehead atoms. The van der Waals surface area contributed by atoms with Crippen LogP contribution in [0.5, 0.6) is 11.6 Å². The molecule has 0 fully saturated rings. The fourth-order valence-corrected chi connectivity index (χ4v) is 1.88. The molecule has 19 heavy (non-hydrogen) atoms. The minimum atomic E-state index is -0.391. The average Bonchev–Trinajstić information content (AvgIpc) is 2.82. The maximum Gasteiger partial charge on any atom is 0.255 e. The zero-order chi connectivity index (χ0) is 13.4. The molecule has 5 nitrogen and oxygen atoms in total. The van der Waals surface area contributed by atoms with E-state index < -0.39 is 5.82 Å². The first-order valence-corrected chi connectivity index (χ1v) is 6.23. The van der Waals surface area contributed by atoms with Crippen molar-refractivity contribution in [3.63, 3.8) is 0 Å². The highest BCUT2D eigenvalue weighted by atomic mass is 79.9. The quantitative estimate of drug-likeness (QED) is 0.727. The summed E-state index contributed by atoms with van der Waals surface area (Å²) in [5.41, 5.74) is 0.744. The maximum absolute atomic E-state index is 13.4. The fourth-order valence-electron chi connectivity index (χ4n) is 1.63. The normalized spacial score (nSPS) is 10.9. The molecule has 96 valence electrons. The van der Waals surface area contributed by atoms with Gasteiger partial charge >= 0.3 is 0 Å². The molecule has 0 spiro atoms. The number of nitrogens with zero attached hydrogens (tertiary/aromatic N) is 4. The standard InChI is InChI=1S/C12H8BrFN4O/c1-7-4-11(18-12(17-7)15-6-16-18)19-8-2-3-9(13)10(14)5-8/h2-6H,1H3. The number of ether oxygens (including phenoxy) is 1. The zero-order valence-electron chi connectivity index (χ0n) is 9.84. The molecule has 0 atom stereocenters. The number of hydrogen-bond acceptors (Lipinski definition) is 4. The van der Waals surface area contributed by atoms with Gasteiger partial charge < -0.3 is 4.74 Å². The van der Waals surface area contributed by atoms with Gasteiger partial charge in [0, 0.05) is 17.8 Å². The second kappa shape index (κ2) is 4.58. The number of fused-ring (bicyclic) bond motifs is 1. The molecule has 2 aromatic heterocycles. The first kappa shape index (κ1) is 12.0. The summed E-state index contributed by atoms with van der Waals surface area (Å²) in [5, 5.41) is 4.01. The predicted molar refractivity (Wildman–Crippen MR) is 69.7 cm³/mol. The number of hydrogen-bond donors (Lipinski definition) is 0. The van der Waals surface area contributed by atoms with E-state index in [-0.39, 0.29) is 0 Å². The molecule has 0 amide bonds. The van der Waals surface area contributed by atoms with Crippen LogP contribution in [-0.4, -0.2) is 19.6 Å². The molecule has 0 saturated carbocycles. The Kier molecular flexibility index (Phi) is 2.90. The lowest BCUT2D eigenvalue weighted by Crippen LogP contribution is -1.99. The highest BCUT2D eigenvalue weighted by Crippen LogP contribution is 2.25. The van der Waals surface area contributed by atoms with Crippen LogP contribution in [0.25, 0.3) is 5.78 Å². The van der Waals surface area contributed by atoms with Gasteiger partial charge in [0.15, 0.2) is 0 Å². The van der Waals surface area contributed by atoms with E-state index in [1.165, 1.54) is 16.9 Å². The first-order chi connectivity index (χ1) is 9.13. The Morgan fingerprint density at radius 2 is 2.16 bits per heavy atom. The van der Waals surface area contributed by atoms with Crippen molar-refractivity contribution in [1.82, 2.24) is 19.6 Å². The maximum atomic E-state index is 13.4.